The van der Waals surface area contributed by atoms with Gasteiger partial charge < -0.3 is 11.1 Å². The van der Waals surface area contributed by atoms with E-state index in [0.29, 0.717) is 5.54 Å². The summed E-state index contributed by atoms with van der Waals surface area (Å²) in [6, 6.07) is 0. The predicted molar refractivity (Wildman–Crippen MR) is 60.1 cm³/mol. The van der Waals surface area contributed by atoms with Crippen LogP contribution in [0.4, 0.5) is 0 Å². The fourth-order valence-electron chi connectivity index (χ4n) is 2.95. The second-order valence-corrected chi connectivity index (χ2v) is 5.48. The van der Waals surface area contributed by atoms with Crippen LogP contribution in [-0.4, -0.2) is 18.6 Å². The minimum Gasteiger partial charge on any atom is -0.330 e. The van der Waals surface area contributed by atoms with Crippen molar-refractivity contribution in [3.63, 3.8) is 0 Å². The van der Waals surface area contributed by atoms with Crippen LogP contribution >= 0.6 is 0 Å². The van der Waals surface area contributed by atoms with Crippen LogP contribution in [-0.2, 0) is 0 Å². The van der Waals surface area contributed by atoms with Crippen molar-refractivity contribution in [3.8, 4) is 0 Å². The Balaban J connectivity index is 1.74. The molecule has 3 N–H and O–H groups in total. The molecule has 0 saturated heterocycles. The minimum atomic E-state index is 0.474. The maximum absolute atomic E-state index is 5.78. The van der Waals surface area contributed by atoms with Crippen molar-refractivity contribution >= 4 is 0 Å². The summed E-state index contributed by atoms with van der Waals surface area (Å²) < 4.78 is 0. The fraction of sp³-hybridized carbons (Fsp3) is 1.00. The van der Waals surface area contributed by atoms with Crippen LogP contribution in [0.5, 0.6) is 0 Å². The van der Waals surface area contributed by atoms with Crippen LogP contribution in [0, 0.1) is 11.8 Å². The average molecular weight is 196 g/mol. The summed E-state index contributed by atoms with van der Waals surface area (Å²) in [4.78, 5) is 0. The Hall–Kier alpha value is -0.0800. The topological polar surface area (TPSA) is 38.0 Å². The quantitative estimate of drug-likeness (QED) is 0.720. The molecule has 2 unspecified atom stereocenters. The Kier molecular flexibility index (Phi) is 3.13. The minimum absolute atomic E-state index is 0.474. The van der Waals surface area contributed by atoms with Crippen molar-refractivity contribution < 1.29 is 0 Å². The molecule has 14 heavy (non-hydrogen) atoms. The van der Waals surface area contributed by atoms with Crippen LogP contribution in [0.3, 0.4) is 0 Å². The molecular weight excluding hydrogens is 172 g/mol. The van der Waals surface area contributed by atoms with E-state index in [1.54, 1.807) is 0 Å². The van der Waals surface area contributed by atoms with E-state index in [4.69, 9.17) is 5.73 Å². The normalized spacial score (nSPS) is 35.6. The summed E-state index contributed by atoms with van der Waals surface area (Å²) in [5.74, 6) is 1.66. The number of nitrogens with two attached hydrogens (primary N) is 1. The zero-order valence-corrected chi connectivity index (χ0v) is 9.39. The van der Waals surface area contributed by atoms with Gasteiger partial charge in [0, 0.05) is 5.54 Å². The van der Waals surface area contributed by atoms with Crippen molar-refractivity contribution in [1.29, 1.82) is 0 Å². The summed E-state index contributed by atoms with van der Waals surface area (Å²) in [5.41, 5.74) is 6.26. The molecule has 2 nitrogen and oxygen atoms in total. The van der Waals surface area contributed by atoms with E-state index in [-0.39, 0.29) is 0 Å². The fourth-order valence-corrected chi connectivity index (χ4v) is 2.95. The monoisotopic (exact) mass is 196 g/mol. The zero-order chi connectivity index (χ0) is 10.0. The first kappa shape index (κ1) is 10.4. The van der Waals surface area contributed by atoms with Gasteiger partial charge >= 0.3 is 0 Å². The number of nitrogens with one attached hydrogen (secondary N) is 1. The highest BCUT2D eigenvalue weighted by atomic mass is 15.0. The number of rotatable bonds is 4. The Bertz CT molecular complexity index is 187. The number of hydrogen-bond donors (Lipinski definition) is 2. The molecule has 2 fully saturated rings. The maximum atomic E-state index is 5.78. The lowest BCUT2D eigenvalue weighted by Gasteiger charge is -2.40. The Morgan fingerprint density at radius 3 is 2.50 bits per heavy atom. The molecule has 0 spiro atoms. The van der Waals surface area contributed by atoms with E-state index in [1.807, 2.05) is 0 Å². The van der Waals surface area contributed by atoms with Crippen molar-refractivity contribution in [2.45, 2.75) is 51.0 Å². The summed E-state index contributed by atoms with van der Waals surface area (Å²) >= 11 is 0. The van der Waals surface area contributed by atoms with Gasteiger partial charge in [-0.05, 0) is 64.0 Å². The highest BCUT2D eigenvalue weighted by Crippen LogP contribution is 2.34. The van der Waals surface area contributed by atoms with Crippen LogP contribution in [0.1, 0.15) is 45.4 Å². The van der Waals surface area contributed by atoms with E-state index in [9.17, 15) is 0 Å². The van der Waals surface area contributed by atoms with Crippen molar-refractivity contribution in [2.24, 2.45) is 17.6 Å². The van der Waals surface area contributed by atoms with Crippen LogP contribution in [0.15, 0.2) is 0 Å². The van der Waals surface area contributed by atoms with Crippen molar-refractivity contribution in [2.75, 3.05) is 13.1 Å². The molecule has 0 aromatic carbocycles. The van der Waals surface area contributed by atoms with Crippen LogP contribution in [0.2, 0.25) is 0 Å². The van der Waals surface area contributed by atoms with E-state index in [1.165, 1.54) is 45.1 Å². The Labute approximate surface area is 87.6 Å². The molecule has 0 aliphatic heterocycles. The standard InChI is InChI=1S/C12H24N2/c1-12(6-3-7-12)14-9-11-5-2-4-10(11)8-13/h10-11,14H,2-9,13H2,1H3. The average Bonchev–Trinajstić information content (AvgIpc) is 2.58. The first-order chi connectivity index (χ1) is 6.73. The Morgan fingerprint density at radius 2 is 1.93 bits per heavy atom. The second-order valence-electron chi connectivity index (χ2n) is 5.48. The van der Waals surface area contributed by atoms with E-state index < -0.39 is 0 Å². The lowest BCUT2D eigenvalue weighted by molar-refractivity contribution is 0.190. The molecule has 2 aliphatic carbocycles. The van der Waals surface area contributed by atoms with Gasteiger partial charge in [0.1, 0.15) is 0 Å². The second kappa shape index (κ2) is 4.19. The van der Waals surface area contributed by atoms with Crippen molar-refractivity contribution in [3.05, 3.63) is 0 Å². The molecule has 2 atom stereocenters. The molecular formula is C12H24N2. The molecule has 82 valence electrons. The van der Waals surface area contributed by atoms with E-state index in [2.05, 4.69) is 12.2 Å². The van der Waals surface area contributed by atoms with Gasteiger partial charge in [-0.15, -0.1) is 0 Å². The smallest absolute Gasteiger partial charge is 0.0153 e. The molecule has 2 heteroatoms. The van der Waals surface area contributed by atoms with Crippen LogP contribution < -0.4 is 11.1 Å². The van der Waals surface area contributed by atoms with Gasteiger partial charge in [-0.3, -0.25) is 0 Å². The molecule has 0 bridgehead atoms. The third-order valence-corrected chi connectivity index (χ3v) is 4.37. The van der Waals surface area contributed by atoms with Gasteiger partial charge in [0.05, 0.1) is 0 Å². The molecule has 2 aliphatic rings. The predicted octanol–water partition coefficient (Wildman–Crippen LogP) is 1.89. The molecule has 0 amide bonds. The zero-order valence-electron chi connectivity index (χ0n) is 9.39. The Morgan fingerprint density at radius 1 is 1.21 bits per heavy atom. The lowest BCUT2D eigenvalue weighted by atomic mass is 9.78. The van der Waals surface area contributed by atoms with Gasteiger partial charge in [0.2, 0.25) is 0 Å². The maximum Gasteiger partial charge on any atom is 0.0153 e. The summed E-state index contributed by atoms with van der Waals surface area (Å²) in [5, 5.41) is 3.75. The summed E-state index contributed by atoms with van der Waals surface area (Å²) in [6.07, 6.45) is 8.30. The van der Waals surface area contributed by atoms with Gasteiger partial charge in [-0.2, -0.15) is 0 Å². The van der Waals surface area contributed by atoms with E-state index >= 15 is 0 Å². The largest absolute Gasteiger partial charge is 0.330 e. The highest BCUT2D eigenvalue weighted by molar-refractivity contribution is 4.93. The van der Waals surface area contributed by atoms with Crippen LogP contribution in [0.25, 0.3) is 0 Å². The molecule has 0 aromatic rings. The lowest BCUT2D eigenvalue weighted by Crippen LogP contribution is -2.50. The van der Waals surface area contributed by atoms with Gasteiger partial charge in [-0.1, -0.05) is 6.42 Å². The SMILES string of the molecule is CC1(NCC2CCCC2CN)CCC1. The third-order valence-electron chi connectivity index (χ3n) is 4.37. The molecule has 2 rings (SSSR count). The van der Waals surface area contributed by atoms with Crippen molar-refractivity contribution in [1.82, 2.24) is 5.32 Å². The van der Waals surface area contributed by atoms with Gasteiger partial charge in [0.25, 0.3) is 0 Å². The third kappa shape index (κ3) is 2.12. The molecule has 0 aromatic heterocycles. The first-order valence-corrected chi connectivity index (χ1v) is 6.19. The highest BCUT2D eigenvalue weighted by Gasteiger charge is 2.33. The van der Waals surface area contributed by atoms with Gasteiger partial charge in [-0.25, -0.2) is 0 Å². The first-order valence-electron chi connectivity index (χ1n) is 6.19. The van der Waals surface area contributed by atoms with E-state index in [0.717, 1.165) is 18.4 Å². The summed E-state index contributed by atoms with van der Waals surface area (Å²) in [6.45, 7) is 4.46. The molecule has 2 saturated carbocycles. The molecule has 0 radical (unpaired) electrons. The van der Waals surface area contributed by atoms with Gasteiger partial charge in [0.15, 0.2) is 0 Å². The number of hydrogen-bond acceptors (Lipinski definition) is 2. The summed E-state index contributed by atoms with van der Waals surface area (Å²) in [7, 11) is 0. The molecule has 0 heterocycles.